The predicted molar refractivity (Wildman–Crippen MR) is 109 cm³/mol. The topological polar surface area (TPSA) is 56.0 Å². The van der Waals surface area contributed by atoms with E-state index in [4.69, 9.17) is 4.98 Å². The van der Waals surface area contributed by atoms with Crippen LogP contribution in [0.4, 0.5) is 5.69 Å². The summed E-state index contributed by atoms with van der Waals surface area (Å²) in [5.74, 6) is 0. The minimum Gasteiger partial charge on any atom is -0.258 e. The third kappa shape index (κ3) is 2.32. The van der Waals surface area contributed by atoms with Crippen LogP contribution in [0.15, 0.2) is 60.7 Å². The normalized spacial score (nSPS) is 14.1. The Kier molecular flexibility index (Phi) is 3.27. The molecule has 132 valence electrons. The van der Waals surface area contributed by atoms with Crippen LogP contribution in [-0.4, -0.2) is 9.91 Å². The molecular formula is C22H16N2O2S. The summed E-state index contributed by atoms with van der Waals surface area (Å²) >= 11 is 1.69. The monoisotopic (exact) mass is 372 g/mol. The van der Waals surface area contributed by atoms with Gasteiger partial charge in [-0.3, -0.25) is 10.1 Å². The van der Waals surface area contributed by atoms with Crippen molar-refractivity contribution in [2.24, 2.45) is 0 Å². The molecule has 0 aliphatic heterocycles. The molecular weight excluding hydrogens is 356 g/mol. The van der Waals surface area contributed by atoms with Gasteiger partial charge in [0.1, 0.15) is 5.01 Å². The Morgan fingerprint density at radius 2 is 1.67 bits per heavy atom. The summed E-state index contributed by atoms with van der Waals surface area (Å²) in [7, 11) is 0. The van der Waals surface area contributed by atoms with E-state index >= 15 is 0 Å². The molecule has 0 amide bonds. The lowest BCUT2D eigenvalue weighted by Gasteiger charge is -2.21. The smallest absolute Gasteiger partial charge is 0.258 e. The molecule has 0 saturated carbocycles. The number of nitro groups is 1. The first kappa shape index (κ1) is 16.1. The minimum absolute atomic E-state index is 0.140. The van der Waals surface area contributed by atoms with Crippen LogP contribution in [0.5, 0.6) is 0 Å². The molecule has 0 fully saturated rings. The van der Waals surface area contributed by atoms with Crippen LogP contribution in [0.3, 0.4) is 0 Å². The number of hydrogen-bond acceptors (Lipinski definition) is 4. The fourth-order valence-corrected chi connectivity index (χ4v) is 4.93. The van der Waals surface area contributed by atoms with Gasteiger partial charge in [0.25, 0.3) is 5.69 Å². The van der Waals surface area contributed by atoms with Gasteiger partial charge in [0.2, 0.25) is 0 Å². The second-order valence-corrected chi connectivity index (χ2v) is 8.39. The molecule has 3 aromatic carbocycles. The van der Waals surface area contributed by atoms with Gasteiger partial charge in [-0.05, 0) is 46.5 Å². The zero-order chi connectivity index (χ0) is 18.8. The Hall–Kier alpha value is -3.05. The van der Waals surface area contributed by atoms with Crippen molar-refractivity contribution in [1.29, 1.82) is 0 Å². The van der Waals surface area contributed by atoms with Gasteiger partial charge >= 0.3 is 0 Å². The van der Waals surface area contributed by atoms with Gasteiger partial charge in [0.15, 0.2) is 0 Å². The van der Waals surface area contributed by atoms with Gasteiger partial charge in [-0.1, -0.05) is 38.1 Å². The van der Waals surface area contributed by atoms with Crippen LogP contribution in [0.2, 0.25) is 0 Å². The lowest BCUT2D eigenvalue weighted by atomic mass is 9.82. The Labute approximate surface area is 160 Å². The van der Waals surface area contributed by atoms with Gasteiger partial charge in [0, 0.05) is 23.1 Å². The number of benzene rings is 3. The molecule has 1 heterocycles. The fraction of sp³-hybridized carbons (Fsp3) is 0.136. The number of non-ortho nitro benzene ring substituents is 1. The first-order valence-electron chi connectivity index (χ1n) is 8.75. The maximum absolute atomic E-state index is 11.2. The summed E-state index contributed by atoms with van der Waals surface area (Å²) in [5, 5.41) is 12.2. The molecule has 0 saturated heterocycles. The highest BCUT2D eigenvalue weighted by Gasteiger charge is 2.36. The van der Waals surface area contributed by atoms with Crippen molar-refractivity contribution in [2.45, 2.75) is 19.3 Å². The molecule has 0 radical (unpaired) electrons. The van der Waals surface area contributed by atoms with Crippen LogP contribution in [-0.2, 0) is 5.41 Å². The summed E-state index contributed by atoms with van der Waals surface area (Å²) in [6.45, 7) is 4.26. The lowest BCUT2D eigenvalue weighted by Crippen LogP contribution is -2.15. The number of thiazole rings is 1. The number of nitro benzene ring substituents is 1. The van der Waals surface area contributed by atoms with Crippen LogP contribution < -0.4 is 0 Å². The molecule has 1 aromatic heterocycles. The number of nitrogens with zero attached hydrogens (tertiary/aromatic N) is 2. The Balaban J connectivity index is 1.67. The predicted octanol–water partition coefficient (Wildman–Crippen LogP) is 6.18. The van der Waals surface area contributed by atoms with Crippen LogP contribution in [0, 0.1) is 10.1 Å². The van der Waals surface area contributed by atoms with Crippen LogP contribution in [0.1, 0.15) is 25.0 Å². The zero-order valence-corrected chi connectivity index (χ0v) is 15.7. The molecule has 1 aliphatic rings. The number of fused-ring (bicyclic) bond motifs is 4. The quantitative estimate of drug-likeness (QED) is 0.312. The van der Waals surface area contributed by atoms with Gasteiger partial charge in [0.05, 0.1) is 15.1 Å². The molecule has 0 N–H and O–H groups in total. The van der Waals surface area contributed by atoms with Crippen molar-refractivity contribution in [3.8, 4) is 21.7 Å². The van der Waals surface area contributed by atoms with Gasteiger partial charge in [-0.2, -0.15) is 0 Å². The van der Waals surface area contributed by atoms with Crippen LogP contribution in [0.25, 0.3) is 31.9 Å². The van der Waals surface area contributed by atoms with E-state index in [1.165, 1.54) is 10.3 Å². The van der Waals surface area contributed by atoms with Crippen LogP contribution >= 0.6 is 11.3 Å². The largest absolute Gasteiger partial charge is 0.269 e. The second-order valence-electron chi connectivity index (χ2n) is 7.36. The summed E-state index contributed by atoms with van der Waals surface area (Å²) in [6, 6.07) is 19.7. The van der Waals surface area contributed by atoms with E-state index in [9.17, 15) is 10.1 Å². The summed E-state index contributed by atoms with van der Waals surface area (Å²) in [5.41, 5.74) is 6.38. The highest BCUT2D eigenvalue weighted by atomic mass is 32.1. The molecule has 5 rings (SSSR count). The number of para-hydroxylation sites is 1. The minimum atomic E-state index is -0.327. The molecule has 4 nitrogen and oxygen atoms in total. The Bertz CT molecular complexity index is 1210. The first-order valence-corrected chi connectivity index (χ1v) is 9.56. The van der Waals surface area contributed by atoms with E-state index in [1.807, 2.05) is 24.3 Å². The molecule has 27 heavy (non-hydrogen) atoms. The van der Waals surface area contributed by atoms with E-state index in [2.05, 4.69) is 38.1 Å². The van der Waals surface area contributed by atoms with Crippen molar-refractivity contribution in [3.63, 3.8) is 0 Å². The first-order chi connectivity index (χ1) is 12.9. The van der Waals surface area contributed by atoms with E-state index in [-0.39, 0.29) is 16.0 Å². The summed E-state index contributed by atoms with van der Waals surface area (Å²) in [4.78, 5) is 15.7. The molecule has 0 bridgehead atoms. The number of hydrogen-bond donors (Lipinski definition) is 0. The highest BCUT2D eigenvalue weighted by Crippen LogP contribution is 2.50. The van der Waals surface area contributed by atoms with Crippen molar-refractivity contribution in [2.75, 3.05) is 0 Å². The summed E-state index contributed by atoms with van der Waals surface area (Å²) in [6.07, 6.45) is 0. The molecule has 0 spiro atoms. The third-order valence-electron chi connectivity index (χ3n) is 5.41. The molecule has 5 heteroatoms. The average molecular weight is 372 g/mol. The van der Waals surface area contributed by atoms with Gasteiger partial charge < -0.3 is 0 Å². The van der Waals surface area contributed by atoms with Gasteiger partial charge in [-0.25, -0.2) is 4.98 Å². The lowest BCUT2D eigenvalue weighted by molar-refractivity contribution is -0.384. The van der Waals surface area contributed by atoms with Crippen molar-refractivity contribution < 1.29 is 4.92 Å². The van der Waals surface area contributed by atoms with Gasteiger partial charge in [-0.15, -0.1) is 11.3 Å². The SMILES string of the molecule is CC1(C)c2cc(-c3nc4ccccc4s3)ccc2-c2ccc([N+](=O)[O-])cc21. The zero-order valence-electron chi connectivity index (χ0n) is 14.9. The number of rotatable bonds is 2. The maximum Gasteiger partial charge on any atom is 0.269 e. The Morgan fingerprint density at radius 1 is 0.963 bits per heavy atom. The van der Waals surface area contributed by atoms with E-state index < -0.39 is 0 Å². The number of aromatic nitrogens is 1. The molecule has 1 aliphatic carbocycles. The third-order valence-corrected chi connectivity index (χ3v) is 6.50. The van der Waals surface area contributed by atoms with Crippen molar-refractivity contribution >= 4 is 27.2 Å². The maximum atomic E-state index is 11.2. The van der Waals surface area contributed by atoms with Crippen molar-refractivity contribution in [1.82, 2.24) is 4.98 Å². The van der Waals surface area contributed by atoms with E-state index in [0.717, 1.165) is 32.8 Å². The molecule has 0 atom stereocenters. The fourth-order valence-electron chi connectivity index (χ4n) is 3.97. The van der Waals surface area contributed by atoms with E-state index in [1.54, 1.807) is 23.5 Å². The second kappa shape index (κ2) is 5.47. The molecule has 4 aromatic rings. The average Bonchev–Trinajstić information content (AvgIpc) is 3.19. The van der Waals surface area contributed by atoms with E-state index in [0.29, 0.717) is 0 Å². The summed E-state index contributed by atoms with van der Waals surface area (Å²) < 4.78 is 1.17. The molecule has 0 unspecified atom stereocenters. The standard InChI is InChI=1S/C22H16N2O2S/c1-22(2)17-11-13(21-23-19-5-3-4-6-20(19)27-21)7-9-15(17)16-10-8-14(24(25)26)12-18(16)22/h3-12H,1-2H3. The Morgan fingerprint density at radius 3 is 2.41 bits per heavy atom. The highest BCUT2D eigenvalue weighted by molar-refractivity contribution is 7.21. The van der Waals surface area contributed by atoms with Crippen molar-refractivity contribution in [3.05, 3.63) is 81.9 Å².